The van der Waals surface area contributed by atoms with E-state index in [0.29, 0.717) is 26.1 Å². The molecular weight excluding hydrogens is 636 g/mol. The predicted molar refractivity (Wildman–Crippen MR) is 206 cm³/mol. The van der Waals surface area contributed by atoms with E-state index in [4.69, 9.17) is 18.9 Å². The van der Waals surface area contributed by atoms with Gasteiger partial charge >= 0.3 is 0 Å². The lowest BCUT2D eigenvalue weighted by Gasteiger charge is -2.35. The zero-order valence-electron chi connectivity index (χ0n) is 32.1. The molecule has 4 rings (SSSR count). The first-order chi connectivity index (χ1) is 23.9. The van der Waals surface area contributed by atoms with Crippen LogP contribution >= 0.6 is 0 Å². The molecule has 0 saturated heterocycles. The maximum atomic E-state index is 12.1. The molecule has 1 aliphatic rings. The van der Waals surface area contributed by atoms with Crippen LogP contribution in [-0.4, -0.2) is 47.2 Å². The summed E-state index contributed by atoms with van der Waals surface area (Å²) in [5.41, 5.74) is 2.35. The molecule has 1 aliphatic carbocycles. The topological polar surface area (TPSA) is 71.1 Å². The van der Waals surface area contributed by atoms with Crippen LogP contribution in [0.1, 0.15) is 103 Å². The summed E-state index contributed by atoms with van der Waals surface area (Å²) in [6.07, 6.45) is 7.80. The predicted octanol–water partition coefficient (Wildman–Crippen LogP) is 9.75. The molecule has 0 N–H and O–H groups in total. The molecule has 0 bridgehead atoms. The lowest BCUT2D eigenvalue weighted by molar-refractivity contribution is -0.136. The molecule has 0 heterocycles. The third-order valence-electron chi connectivity index (χ3n) is 10.3. The van der Waals surface area contributed by atoms with Crippen LogP contribution in [0.5, 0.6) is 11.5 Å². The fourth-order valence-corrected chi connectivity index (χ4v) is 6.77. The van der Waals surface area contributed by atoms with Crippen LogP contribution in [0.3, 0.4) is 0 Å². The highest BCUT2D eigenvalue weighted by Crippen LogP contribution is 2.44. The van der Waals surface area contributed by atoms with Crippen LogP contribution in [0.15, 0.2) is 98.1 Å². The van der Waals surface area contributed by atoms with E-state index in [1.54, 1.807) is 27.7 Å². The maximum absolute atomic E-state index is 12.1. The van der Waals surface area contributed by atoms with E-state index >= 15 is 0 Å². The summed E-state index contributed by atoms with van der Waals surface area (Å²) < 4.78 is 24.7. The van der Waals surface area contributed by atoms with Gasteiger partial charge in [0.1, 0.15) is 33.9 Å². The molecule has 274 valence electrons. The molecule has 0 aromatic heterocycles. The fraction of sp³-hybridized carbons (Fsp3) is 0.467. The molecular formula is C45H58O6. The quantitative estimate of drug-likeness (QED) is 0.0976. The van der Waals surface area contributed by atoms with Gasteiger partial charge in [0.15, 0.2) is 11.6 Å². The van der Waals surface area contributed by atoms with Crippen molar-refractivity contribution in [3.63, 3.8) is 0 Å². The second kappa shape index (κ2) is 16.1. The number of hydrogen-bond acceptors (Lipinski definition) is 6. The maximum Gasteiger partial charge on any atom is 0.186 e. The Morgan fingerprint density at radius 3 is 1.29 bits per heavy atom. The third kappa shape index (κ3) is 10.3. The van der Waals surface area contributed by atoms with Crippen LogP contribution in [0.4, 0.5) is 0 Å². The summed E-state index contributed by atoms with van der Waals surface area (Å²) in [5, 5.41) is 0. The minimum Gasteiger partial charge on any atom is -0.488 e. The van der Waals surface area contributed by atoms with Crippen molar-refractivity contribution in [1.29, 1.82) is 0 Å². The van der Waals surface area contributed by atoms with E-state index in [0.717, 1.165) is 37.2 Å². The molecule has 6 nitrogen and oxygen atoms in total. The number of benzene rings is 3. The molecule has 3 aromatic carbocycles. The standard InChI is InChI=1S/C45H58O6/c1-11-39(46)43(7,8)48-31-29-41(3,4)50-37-21-17-35(18-22-37)45(27-25-33-15-13-14-16-34(33)26-28-45)36-19-23-38(24-20-36)51-42(5,6)30-32-49-44(9,10)40(47)12-2/h11-24H,1-2,25-32H2,3-10H3. The average Bonchev–Trinajstić information content (AvgIpc) is 3.28. The summed E-state index contributed by atoms with van der Waals surface area (Å²) in [7, 11) is 0. The first-order valence-electron chi connectivity index (χ1n) is 18.2. The SMILES string of the molecule is C=CC(=O)C(C)(C)OCCC(C)(C)Oc1ccc(C2(c3ccc(OC(C)(C)CCOC(C)(C)C(=O)C=C)cc3)CCc3ccccc3CC2)cc1. The normalized spacial score (nSPS) is 14.9. The minimum atomic E-state index is -0.910. The Morgan fingerprint density at radius 1 is 0.608 bits per heavy atom. The highest BCUT2D eigenvalue weighted by Gasteiger charge is 2.37. The number of carbonyl (C=O) groups excluding carboxylic acids is 2. The molecule has 0 saturated carbocycles. The zero-order chi connectivity index (χ0) is 37.5. The van der Waals surface area contributed by atoms with Crippen molar-refractivity contribution in [2.75, 3.05) is 13.2 Å². The Kier molecular flexibility index (Phi) is 12.6. The molecule has 0 fully saturated rings. The lowest BCUT2D eigenvalue weighted by Crippen LogP contribution is -2.37. The van der Waals surface area contributed by atoms with Crippen molar-refractivity contribution < 1.29 is 28.5 Å². The monoisotopic (exact) mass is 694 g/mol. The Bertz CT molecular complexity index is 1530. The Labute approximate surface area is 306 Å². The van der Waals surface area contributed by atoms with Crippen molar-refractivity contribution in [2.24, 2.45) is 0 Å². The van der Waals surface area contributed by atoms with Gasteiger partial charge in [0.25, 0.3) is 0 Å². The van der Waals surface area contributed by atoms with Gasteiger partial charge in [-0.05, 0) is 140 Å². The third-order valence-corrected chi connectivity index (χ3v) is 10.3. The summed E-state index contributed by atoms with van der Waals surface area (Å²) in [6.45, 7) is 23.2. The molecule has 0 unspecified atom stereocenters. The first kappa shape index (κ1) is 39.8. The number of carbonyl (C=O) groups is 2. The van der Waals surface area contributed by atoms with Gasteiger partial charge in [-0.1, -0.05) is 61.7 Å². The molecule has 0 amide bonds. The number of aryl methyl sites for hydroxylation is 2. The molecule has 3 aromatic rings. The van der Waals surface area contributed by atoms with E-state index in [-0.39, 0.29) is 17.0 Å². The van der Waals surface area contributed by atoms with Gasteiger partial charge in [0.05, 0.1) is 13.2 Å². The van der Waals surface area contributed by atoms with E-state index in [1.165, 1.54) is 34.4 Å². The highest BCUT2D eigenvalue weighted by atomic mass is 16.5. The van der Waals surface area contributed by atoms with Crippen molar-refractivity contribution >= 4 is 11.6 Å². The van der Waals surface area contributed by atoms with Crippen molar-refractivity contribution in [3.05, 3.63) is 120 Å². The van der Waals surface area contributed by atoms with Crippen LogP contribution in [0.25, 0.3) is 0 Å². The van der Waals surface area contributed by atoms with Crippen molar-refractivity contribution in [2.45, 2.75) is 122 Å². The molecule has 0 radical (unpaired) electrons. The lowest BCUT2D eigenvalue weighted by atomic mass is 9.69. The number of ketones is 2. The number of hydrogen-bond donors (Lipinski definition) is 0. The van der Waals surface area contributed by atoms with Gasteiger partial charge in [-0.25, -0.2) is 0 Å². The summed E-state index contributed by atoms with van der Waals surface area (Å²) >= 11 is 0. The van der Waals surface area contributed by atoms with Gasteiger partial charge < -0.3 is 18.9 Å². The summed E-state index contributed by atoms with van der Waals surface area (Å²) in [6, 6.07) is 26.0. The smallest absolute Gasteiger partial charge is 0.186 e. The van der Waals surface area contributed by atoms with Gasteiger partial charge in [-0.2, -0.15) is 0 Å². The van der Waals surface area contributed by atoms with Crippen LogP contribution in [-0.2, 0) is 37.3 Å². The number of ether oxygens (including phenoxy) is 4. The second-order valence-electron chi connectivity index (χ2n) is 16.0. The molecule has 51 heavy (non-hydrogen) atoms. The summed E-state index contributed by atoms with van der Waals surface area (Å²) in [4.78, 5) is 24.2. The number of rotatable bonds is 18. The Morgan fingerprint density at radius 2 is 0.961 bits per heavy atom. The Balaban J connectivity index is 1.51. The van der Waals surface area contributed by atoms with Gasteiger partial charge in [-0.3, -0.25) is 9.59 Å². The Hall–Kier alpha value is -4.00. The van der Waals surface area contributed by atoms with Gasteiger partial charge in [0, 0.05) is 18.3 Å². The van der Waals surface area contributed by atoms with E-state index in [2.05, 4.69) is 86.0 Å². The van der Waals surface area contributed by atoms with Crippen LogP contribution in [0.2, 0.25) is 0 Å². The van der Waals surface area contributed by atoms with E-state index in [1.807, 2.05) is 27.7 Å². The average molecular weight is 695 g/mol. The van der Waals surface area contributed by atoms with Crippen LogP contribution in [0, 0.1) is 0 Å². The highest BCUT2D eigenvalue weighted by molar-refractivity contribution is 5.96. The van der Waals surface area contributed by atoms with E-state index in [9.17, 15) is 9.59 Å². The van der Waals surface area contributed by atoms with Gasteiger partial charge in [0.2, 0.25) is 0 Å². The van der Waals surface area contributed by atoms with Gasteiger partial charge in [-0.15, -0.1) is 0 Å². The molecule has 0 atom stereocenters. The molecule has 6 heteroatoms. The zero-order valence-corrected chi connectivity index (χ0v) is 32.1. The minimum absolute atomic E-state index is 0.136. The second-order valence-corrected chi connectivity index (χ2v) is 16.0. The van der Waals surface area contributed by atoms with Crippen molar-refractivity contribution in [1.82, 2.24) is 0 Å². The summed E-state index contributed by atoms with van der Waals surface area (Å²) in [5.74, 6) is 1.32. The molecule has 0 spiro atoms. The number of fused-ring (bicyclic) bond motifs is 1. The van der Waals surface area contributed by atoms with Crippen LogP contribution < -0.4 is 9.47 Å². The first-order valence-corrected chi connectivity index (χ1v) is 18.2. The molecule has 0 aliphatic heterocycles. The van der Waals surface area contributed by atoms with Crippen molar-refractivity contribution in [3.8, 4) is 11.5 Å². The van der Waals surface area contributed by atoms with E-state index < -0.39 is 22.4 Å². The fourth-order valence-electron chi connectivity index (χ4n) is 6.77. The largest absolute Gasteiger partial charge is 0.488 e.